The van der Waals surface area contributed by atoms with Crippen LogP contribution < -0.4 is 9.54 Å². The molecule has 0 aliphatic carbocycles. The SMILES string of the molecule is CCCCn1c(-c2ccc(S(=O)(=O)N3CCCCCC3)cc2)csc1=Nc1ccc(OC)cc1. The summed E-state index contributed by atoms with van der Waals surface area (Å²) in [6, 6.07) is 15.1. The molecule has 1 aliphatic heterocycles. The van der Waals surface area contributed by atoms with Crippen molar-refractivity contribution in [1.82, 2.24) is 8.87 Å². The van der Waals surface area contributed by atoms with E-state index in [0.29, 0.717) is 18.0 Å². The minimum absolute atomic E-state index is 0.372. The van der Waals surface area contributed by atoms with Crippen LogP contribution in [-0.4, -0.2) is 37.5 Å². The zero-order chi connectivity index (χ0) is 24.0. The molecule has 0 saturated carbocycles. The molecule has 2 aromatic carbocycles. The predicted octanol–water partition coefficient (Wildman–Crippen LogP) is 5.82. The summed E-state index contributed by atoms with van der Waals surface area (Å²) in [5.41, 5.74) is 2.93. The Kier molecular flexibility index (Phi) is 8.24. The smallest absolute Gasteiger partial charge is 0.243 e. The summed E-state index contributed by atoms with van der Waals surface area (Å²) in [5, 5.41) is 2.11. The molecule has 3 aromatic rings. The number of thiazole rings is 1. The molecule has 0 bridgehead atoms. The van der Waals surface area contributed by atoms with Gasteiger partial charge in [-0.15, -0.1) is 11.3 Å². The zero-order valence-corrected chi connectivity index (χ0v) is 21.6. The van der Waals surface area contributed by atoms with Gasteiger partial charge >= 0.3 is 0 Å². The number of unbranched alkanes of at least 4 members (excludes halogenated alkanes) is 1. The maximum absolute atomic E-state index is 13.1. The molecule has 1 fully saturated rings. The summed E-state index contributed by atoms with van der Waals surface area (Å²) in [6.07, 6.45) is 6.20. The lowest BCUT2D eigenvalue weighted by molar-refractivity contribution is 0.415. The molecule has 1 saturated heterocycles. The topological polar surface area (TPSA) is 63.9 Å². The van der Waals surface area contributed by atoms with Gasteiger partial charge in [0.1, 0.15) is 5.75 Å². The van der Waals surface area contributed by atoms with Gasteiger partial charge in [0.05, 0.1) is 23.4 Å². The predicted molar refractivity (Wildman–Crippen MR) is 138 cm³/mol. The van der Waals surface area contributed by atoms with Gasteiger partial charge in [0, 0.05) is 25.0 Å². The van der Waals surface area contributed by atoms with Crippen LogP contribution in [0.25, 0.3) is 11.3 Å². The molecule has 0 unspecified atom stereocenters. The third-order valence-corrected chi connectivity index (χ3v) is 8.96. The van der Waals surface area contributed by atoms with Crippen LogP contribution in [0.2, 0.25) is 0 Å². The van der Waals surface area contributed by atoms with Gasteiger partial charge in [-0.25, -0.2) is 13.4 Å². The summed E-state index contributed by atoms with van der Waals surface area (Å²) in [6.45, 7) is 4.26. The van der Waals surface area contributed by atoms with E-state index in [0.717, 1.165) is 72.6 Å². The molecule has 0 amide bonds. The lowest BCUT2D eigenvalue weighted by Crippen LogP contribution is -2.31. The highest BCUT2D eigenvalue weighted by molar-refractivity contribution is 7.89. The average Bonchev–Trinajstić information content (AvgIpc) is 3.05. The van der Waals surface area contributed by atoms with Crippen LogP contribution in [0.1, 0.15) is 45.4 Å². The van der Waals surface area contributed by atoms with Crippen molar-refractivity contribution in [3.63, 3.8) is 0 Å². The lowest BCUT2D eigenvalue weighted by Gasteiger charge is -2.20. The van der Waals surface area contributed by atoms with Gasteiger partial charge in [0.25, 0.3) is 0 Å². The molecule has 0 spiro atoms. The molecule has 0 N–H and O–H groups in total. The minimum atomic E-state index is -3.45. The highest BCUT2D eigenvalue weighted by Gasteiger charge is 2.25. The quantitative estimate of drug-likeness (QED) is 0.392. The summed E-state index contributed by atoms with van der Waals surface area (Å²) in [7, 11) is -1.80. The molecule has 34 heavy (non-hydrogen) atoms. The van der Waals surface area contributed by atoms with Crippen molar-refractivity contribution in [2.45, 2.75) is 56.9 Å². The standard InChI is InChI=1S/C26H33N3O3S2/c1-3-4-19-29-25(20-33-26(29)27-22-11-13-23(32-2)14-12-22)21-9-15-24(16-10-21)34(30,31)28-17-7-5-6-8-18-28/h9-16,20H,3-8,17-19H2,1-2H3. The zero-order valence-electron chi connectivity index (χ0n) is 19.9. The normalized spacial score (nSPS) is 15.9. The van der Waals surface area contributed by atoms with Crippen LogP contribution in [0.4, 0.5) is 5.69 Å². The molecule has 1 aliphatic rings. The monoisotopic (exact) mass is 499 g/mol. The second kappa shape index (κ2) is 11.3. The number of methoxy groups -OCH3 is 1. The van der Waals surface area contributed by atoms with Crippen molar-refractivity contribution < 1.29 is 13.2 Å². The first kappa shape index (κ1) is 24.7. The van der Waals surface area contributed by atoms with Crippen LogP contribution in [0, 0.1) is 0 Å². The Balaban J connectivity index is 1.65. The van der Waals surface area contributed by atoms with Gasteiger partial charge in [0.15, 0.2) is 4.80 Å². The number of aromatic nitrogens is 1. The van der Waals surface area contributed by atoms with Crippen LogP contribution in [0.5, 0.6) is 5.75 Å². The number of benzene rings is 2. The fourth-order valence-electron chi connectivity index (χ4n) is 4.18. The highest BCUT2D eigenvalue weighted by Crippen LogP contribution is 2.26. The Hall–Kier alpha value is -2.42. The number of hydrogen-bond donors (Lipinski definition) is 0. The van der Waals surface area contributed by atoms with Crippen LogP contribution >= 0.6 is 11.3 Å². The maximum atomic E-state index is 13.1. The van der Waals surface area contributed by atoms with Gasteiger partial charge in [-0.1, -0.05) is 38.3 Å². The molecule has 6 nitrogen and oxygen atoms in total. The van der Waals surface area contributed by atoms with E-state index < -0.39 is 10.0 Å². The second-order valence-corrected chi connectivity index (χ2v) is 11.3. The van der Waals surface area contributed by atoms with Crippen molar-refractivity contribution in [2.75, 3.05) is 20.2 Å². The number of nitrogens with zero attached hydrogens (tertiary/aromatic N) is 3. The van der Waals surface area contributed by atoms with E-state index in [1.807, 2.05) is 36.4 Å². The molecule has 8 heteroatoms. The van der Waals surface area contributed by atoms with Crippen molar-refractivity contribution in [2.24, 2.45) is 4.99 Å². The fourth-order valence-corrected chi connectivity index (χ4v) is 6.65. The molecular weight excluding hydrogens is 466 g/mol. The summed E-state index contributed by atoms with van der Waals surface area (Å²) in [4.78, 5) is 6.16. The van der Waals surface area contributed by atoms with Crippen molar-refractivity contribution >= 4 is 27.0 Å². The summed E-state index contributed by atoms with van der Waals surface area (Å²) < 4.78 is 35.4. The molecule has 0 radical (unpaired) electrons. The van der Waals surface area contributed by atoms with E-state index in [-0.39, 0.29) is 0 Å². The minimum Gasteiger partial charge on any atom is -0.497 e. The Bertz CT molecular complexity index is 1240. The van der Waals surface area contributed by atoms with Crippen molar-refractivity contribution in [3.8, 4) is 17.0 Å². The first-order valence-electron chi connectivity index (χ1n) is 12.0. The molecule has 4 rings (SSSR count). The summed E-state index contributed by atoms with van der Waals surface area (Å²) >= 11 is 1.60. The van der Waals surface area contributed by atoms with E-state index in [1.54, 1.807) is 34.9 Å². The molecule has 0 atom stereocenters. The Morgan fingerprint density at radius 3 is 2.26 bits per heavy atom. The third-order valence-electron chi connectivity index (χ3n) is 6.18. The van der Waals surface area contributed by atoms with Gasteiger partial charge in [-0.3, -0.25) is 0 Å². The molecular formula is C26H33N3O3S2. The molecule has 1 aromatic heterocycles. The van der Waals surface area contributed by atoms with Gasteiger partial charge in [-0.2, -0.15) is 4.31 Å². The number of hydrogen-bond acceptors (Lipinski definition) is 5. The number of ether oxygens (including phenoxy) is 1. The average molecular weight is 500 g/mol. The van der Waals surface area contributed by atoms with Crippen molar-refractivity contribution in [3.05, 3.63) is 58.7 Å². The Morgan fingerprint density at radius 2 is 1.65 bits per heavy atom. The molecule has 182 valence electrons. The van der Waals surface area contributed by atoms with Gasteiger partial charge < -0.3 is 9.30 Å². The van der Waals surface area contributed by atoms with Crippen LogP contribution in [0.3, 0.4) is 0 Å². The highest BCUT2D eigenvalue weighted by atomic mass is 32.2. The lowest BCUT2D eigenvalue weighted by atomic mass is 10.1. The number of rotatable bonds is 8. The fraction of sp³-hybridized carbons (Fsp3) is 0.423. The Morgan fingerprint density at radius 1 is 0.971 bits per heavy atom. The molecule has 2 heterocycles. The largest absolute Gasteiger partial charge is 0.497 e. The first-order chi connectivity index (χ1) is 16.5. The number of sulfonamides is 1. The van der Waals surface area contributed by atoms with Gasteiger partial charge in [0.2, 0.25) is 10.0 Å². The van der Waals surface area contributed by atoms with E-state index in [4.69, 9.17) is 9.73 Å². The van der Waals surface area contributed by atoms with Crippen LogP contribution in [-0.2, 0) is 16.6 Å². The van der Waals surface area contributed by atoms with Gasteiger partial charge in [-0.05, 0) is 61.2 Å². The van der Waals surface area contributed by atoms with Crippen LogP contribution in [0.15, 0.2) is 63.8 Å². The second-order valence-electron chi connectivity index (χ2n) is 8.56. The third kappa shape index (κ3) is 5.62. The Labute approximate surface area is 206 Å². The van der Waals surface area contributed by atoms with Crippen molar-refractivity contribution in [1.29, 1.82) is 0 Å². The summed E-state index contributed by atoms with van der Waals surface area (Å²) in [5.74, 6) is 0.805. The maximum Gasteiger partial charge on any atom is 0.243 e. The first-order valence-corrected chi connectivity index (χ1v) is 14.3. The van der Waals surface area contributed by atoms with E-state index in [2.05, 4.69) is 16.9 Å². The van der Waals surface area contributed by atoms with E-state index in [9.17, 15) is 8.42 Å². The van der Waals surface area contributed by atoms with E-state index >= 15 is 0 Å². The van der Waals surface area contributed by atoms with E-state index in [1.165, 1.54) is 0 Å².